The predicted octanol–water partition coefficient (Wildman–Crippen LogP) is 5.02. The van der Waals surface area contributed by atoms with Crippen LogP contribution < -0.4 is 5.32 Å². The smallest absolute Gasteiger partial charge is 0.119 e. The summed E-state index contributed by atoms with van der Waals surface area (Å²) in [5, 5.41) is 13.4. The second-order valence-corrected chi connectivity index (χ2v) is 6.39. The van der Waals surface area contributed by atoms with Crippen LogP contribution in [0.25, 0.3) is 0 Å². The molecule has 0 aromatic heterocycles. The van der Waals surface area contributed by atoms with Gasteiger partial charge in [0, 0.05) is 8.95 Å². The lowest BCUT2D eigenvalue weighted by atomic mass is 10.1. The fourth-order valence-electron chi connectivity index (χ4n) is 2.59. The number of nitrogens with one attached hydrogen (secondary N) is 1. The van der Waals surface area contributed by atoms with Gasteiger partial charge in [0.15, 0.2) is 0 Å². The standard InChI is InChI=1S/C15H13Br2NO/c16-11-4-2-5-12(17)15(11)18-13-8-7-10-9(13)3-1-6-14(10)19/h1-6,13,18-19H,7-8H2. The van der Waals surface area contributed by atoms with E-state index >= 15 is 0 Å². The Hall–Kier alpha value is -1.000. The highest BCUT2D eigenvalue weighted by molar-refractivity contribution is 9.11. The average molecular weight is 383 g/mol. The maximum Gasteiger partial charge on any atom is 0.119 e. The van der Waals surface area contributed by atoms with Gasteiger partial charge < -0.3 is 10.4 Å². The van der Waals surface area contributed by atoms with Gasteiger partial charge in [-0.3, -0.25) is 0 Å². The van der Waals surface area contributed by atoms with Gasteiger partial charge in [0.1, 0.15) is 5.75 Å². The van der Waals surface area contributed by atoms with Crippen LogP contribution in [0, 0.1) is 0 Å². The number of phenolic OH excluding ortho intramolecular Hbond substituents is 1. The van der Waals surface area contributed by atoms with Crippen LogP contribution in [0.2, 0.25) is 0 Å². The molecule has 0 saturated carbocycles. The number of anilines is 1. The number of benzene rings is 2. The minimum atomic E-state index is 0.247. The molecule has 1 unspecified atom stereocenters. The van der Waals surface area contributed by atoms with Gasteiger partial charge >= 0.3 is 0 Å². The Labute approximate surface area is 129 Å². The minimum absolute atomic E-state index is 0.247. The first-order chi connectivity index (χ1) is 9.16. The Morgan fingerprint density at radius 1 is 1.05 bits per heavy atom. The van der Waals surface area contributed by atoms with Gasteiger partial charge in [-0.1, -0.05) is 18.2 Å². The number of hydrogen-bond acceptors (Lipinski definition) is 2. The summed E-state index contributed by atoms with van der Waals surface area (Å²) in [6.07, 6.45) is 1.92. The van der Waals surface area contributed by atoms with Gasteiger partial charge in [0.2, 0.25) is 0 Å². The first-order valence-corrected chi connectivity index (χ1v) is 7.76. The van der Waals surface area contributed by atoms with Crippen molar-refractivity contribution in [2.24, 2.45) is 0 Å². The summed E-state index contributed by atoms with van der Waals surface area (Å²) in [5.41, 5.74) is 3.33. The Morgan fingerprint density at radius 2 is 1.74 bits per heavy atom. The van der Waals surface area contributed by atoms with Gasteiger partial charge in [0.05, 0.1) is 11.7 Å². The molecule has 1 aliphatic rings. The number of halogens is 2. The number of hydrogen-bond donors (Lipinski definition) is 2. The Morgan fingerprint density at radius 3 is 2.47 bits per heavy atom. The van der Waals surface area contributed by atoms with Gasteiger partial charge in [-0.05, 0) is 74.0 Å². The lowest BCUT2D eigenvalue weighted by Crippen LogP contribution is -2.08. The zero-order valence-corrected chi connectivity index (χ0v) is 13.3. The van der Waals surface area contributed by atoms with E-state index in [1.165, 1.54) is 5.56 Å². The van der Waals surface area contributed by atoms with E-state index < -0.39 is 0 Å². The van der Waals surface area contributed by atoms with Gasteiger partial charge in [-0.15, -0.1) is 0 Å². The fraction of sp³-hybridized carbons (Fsp3) is 0.200. The molecule has 2 N–H and O–H groups in total. The zero-order chi connectivity index (χ0) is 13.4. The third-order valence-corrected chi connectivity index (χ3v) is 4.85. The number of phenols is 1. The van der Waals surface area contributed by atoms with Crippen molar-refractivity contribution in [2.75, 3.05) is 5.32 Å². The molecule has 3 rings (SSSR count). The van der Waals surface area contributed by atoms with E-state index in [2.05, 4.69) is 43.2 Å². The molecule has 0 aliphatic heterocycles. The molecule has 0 heterocycles. The van der Waals surface area contributed by atoms with Gasteiger partial charge in [0.25, 0.3) is 0 Å². The summed E-state index contributed by atoms with van der Waals surface area (Å²) in [7, 11) is 0. The number of para-hydroxylation sites is 1. The number of rotatable bonds is 2. The van der Waals surface area contributed by atoms with Crippen LogP contribution in [0.15, 0.2) is 45.3 Å². The molecular formula is C15H13Br2NO. The van der Waals surface area contributed by atoms with Crippen LogP contribution in [0.5, 0.6) is 5.75 Å². The second kappa shape index (κ2) is 5.17. The summed E-state index contributed by atoms with van der Waals surface area (Å²) in [4.78, 5) is 0. The SMILES string of the molecule is Oc1cccc2c1CCC2Nc1c(Br)cccc1Br. The Balaban J connectivity index is 1.93. The first kappa shape index (κ1) is 13.0. The van der Waals surface area contributed by atoms with Crippen molar-refractivity contribution in [3.63, 3.8) is 0 Å². The average Bonchev–Trinajstić information content (AvgIpc) is 2.79. The van der Waals surface area contributed by atoms with Crippen molar-refractivity contribution in [1.29, 1.82) is 0 Å². The third-order valence-electron chi connectivity index (χ3n) is 3.53. The summed E-state index contributed by atoms with van der Waals surface area (Å²) >= 11 is 7.13. The maximum absolute atomic E-state index is 9.88. The molecule has 2 nitrogen and oxygen atoms in total. The first-order valence-electron chi connectivity index (χ1n) is 6.18. The monoisotopic (exact) mass is 381 g/mol. The number of aromatic hydroxyl groups is 1. The lowest BCUT2D eigenvalue weighted by Gasteiger charge is -2.18. The lowest BCUT2D eigenvalue weighted by molar-refractivity contribution is 0.469. The second-order valence-electron chi connectivity index (χ2n) is 4.68. The molecule has 0 bridgehead atoms. The van der Waals surface area contributed by atoms with E-state index in [0.29, 0.717) is 5.75 Å². The van der Waals surface area contributed by atoms with Crippen molar-refractivity contribution in [2.45, 2.75) is 18.9 Å². The molecular weight excluding hydrogens is 370 g/mol. The zero-order valence-electron chi connectivity index (χ0n) is 10.2. The summed E-state index contributed by atoms with van der Waals surface area (Å²) < 4.78 is 2.07. The van der Waals surface area contributed by atoms with Crippen molar-refractivity contribution < 1.29 is 5.11 Å². The molecule has 98 valence electrons. The minimum Gasteiger partial charge on any atom is -0.508 e. The van der Waals surface area contributed by atoms with E-state index in [4.69, 9.17) is 0 Å². The molecule has 0 amide bonds. The van der Waals surface area contributed by atoms with Crippen LogP contribution in [-0.4, -0.2) is 5.11 Å². The van der Waals surface area contributed by atoms with E-state index in [0.717, 1.165) is 33.0 Å². The molecule has 2 aromatic rings. The highest BCUT2D eigenvalue weighted by Gasteiger charge is 2.25. The topological polar surface area (TPSA) is 32.3 Å². The molecule has 2 aromatic carbocycles. The van der Waals surface area contributed by atoms with Crippen LogP contribution in [-0.2, 0) is 6.42 Å². The highest BCUT2D eigenvalue weighted by Crippen LogP contribution is 2.41. The third kappa shape index (κ3) is 2.39. The molecule has 0 spiro atoms. The molecule has 19 heavy (non-hydrogen) atoms. The predicted molar refractivity (Wildman–Crippen MR) is 84.6 cm³/mol. The molecule has 0 fully saturated rings. The molecule has 0 saturated heterocycles. The number of fused-ring (bicyclic) bond motifs is 1. The Kier molecular flexibility index (Phi) is 3.54. The summed E-state index contributed by atoms with van der Waals surface area (Å²) in [6, 6.07) is 12.0. The maximum atomic E-state index is 9.88. The fourth-order valence-corrected chi connectivity index (χ4v) is 3.82. The molecule has 1 atom stereocenters. The van der Waals surface area contributed by atoms with Crippen LogP contribution in [0.3, 0.4) is 0 Å². The van der Waals surface area contributed by atoms with Crippen LogP contribution >= 0.6 is 31.9 Å². The quantitative estimate of drug-likeness (QED) is 0.764. The van der Waals surface area contributed by atoms with Crippen molar-refractivity contribution >= 4 is 37.5 Å². The molecule has 0 radical (unpaired) electrons. The van der Waals surface area contributed by atoms with Crippen LogP contribution in [0.4, 0.5) is 5.69 Å². The normalized spacial score (nSPS) is 17.3. The van der Waals surface area contributed by atoms with Crippen LogP contribution in [0.1, 0.15) is 23.6 Å². The van der Waals surface area contributed by atoms with E-state index in [1.54, 1.807) is 6.07 Å². The van der Waals surface area contributed by atoms with Crippen molar-refractivity contribution in [3.05, 3.63) is 56.5 Å². The van der Waals surface area contributed by atoms with Crippen molar-refractivity contribution in [3.8, 4) is 5.75 Å². The molecule has 1 aliphatic carbocycles. The van der Waals surface area contributed by atoms with E-state index in [1.807, 2.05) is 24.3 Å². The Bertz CT molecular complexity index is 607. The summed E-state index contributed by atoms with van der Waals surface area (Å²) in [6.45, 7) is 0. The largest absolute Gasteiger partial charge is 0.508 e. The van der Waals surface area contributed by atoms with Gasteiger partial charge in [-0.2, -0.15) is 0 Å². The van der Waals surface area contributed by atoms with E-state index in [-0.39, 0.29) is 6.04 Å². The molecule has 4 heteroatoms. The van der Waals surface area contributed by atoms with E-state index in [9.17, 15) is 5.11 Å². The summed E-state index contributed by atoms with van der Waals surface area (Å²) in [5.74, 6) is 0.410. The highest BCUT2D eigenvalue weighted by atomic mass is 79.9. The van der Waals surface area contributed by atoms with Gasteiger partial charge in [-0.25, -0.2) is 0 Å². The van der Waals surface area contributed by atoms with Crippen molar-refractivity contribution in [1.82, 2.24) is 0 Å².